The van der Waals surface area contributed by atoms with E-state index in [1.807, 2.05) is 18.2 Å². The molecule has 9 aromatic carbocycles. The summed E-state index contributed by atoms with van der Waals surface area (Å²) < 4.78 is 6.27. The number of hydrogen-bond donors (Lipinski definition) is 0. The van der Waals surface area contributed by atoms with Crippen molar-refractivity contribution in [2.45, 2.75) is 0 Å². The molecule has 256 valence electrons. The molecule has 0 saturated heterocycles. The fraction of sp³-hybridized carbons (Fsp3) is 0. The molecule has 11 rings (SSSR count). The second kappa shape index (κ2) is 12.6. The normalized spacial score (nSPS) is 11.6. The fourth-order valence-corrected chi connectivity index (χ4v) is 7.92. The fourth-order valence-electron chi connectivity index (χ4n) is 7.92. The Balaban J connectivity index is 1.11. The van der Waals surface area contributed by atoms with Crippen LogP contribution in [0.2, 0.25) is 0 Å². The summed E-state index contributed by atoms with van der Waals surface area (Å²) in [5.41, 5.74) is 9.23. The molecule has 0 aliphatic heterocycles. The summed E-state index contributed by atoms with van der Waals surface area (Å²) in [6.07, 6.45) is 0. The molecule has 0 fully saturated rings. The van der Waals surface area contributed by atoms with Gasteiger partial charge in [-0.3, -0.25) is 0 Å². The number of furan rings is 1. The Hall–Kier alpha value is -7.43. The van der Waals surface area contributed by atoms with Crippen LogP contribution in [0.4, 0.5) is 0 Å². The van der Waals surface area contributed by atoms with Gasteiger partial charge in [0.05, 0.1) is 0 Å². The Morgan fingerprint density at radius 1 is 0.273 bits per heavy atom. The molecule has 0 spiro atoms. The van der Waals surface area contributed by atoms with Crippen molar-refractivity contribution in [2.75, 3.05) is 0 Å². The molecular formula is C51H31N3O. The molecule has 4 nitrogen and oxygen atoms in total. The third kappa shape index (κ3) is 5.43. The van der Waals surface area contributed by atoms with E-state index < -0.39 is 0 Å². The summed E-state index contributed by atoms with van der Waals surface area (Å²) in [6.45, 7) is 0. The highest BCUT2D eigenvalue weighted by Gasteiger charge is 2.17. The third-order valence-electron chi connectivity index (χ3n) is 10.7. The average Bonchev–Trinajstić information content (AvgIpc) is 3.62. The second-order valence-electron chi connectivity index (χ2n) is 14.0. The Morgan fingerprint density at radius 3 is 1.53 bits per heavy atom. The van der Waals surface area contributed by atoms with Gasteiger partial charge in [-0.05, 0) is 97.0 Å². The maximum absolute atomic E-state index is 6.27. The summed E-state index contributed by atoms with van der Waals surface area (Å²) in [4.78, 5) is 15.6. The van der Waals surface area contributed by atoms with Crippen molar-refractivity contribution >= 4 is 54.3 Å². The minimum absolute atomic E-state index is 0.612. The van der Waals surface area contributed by atoms with Crippen LogP contribution in [0.3, 0.4) is 0 Å². The second-order valence-corrected chi connectivity index (χ2v) is 14.0. The van der Waals surface area contributed by atoms with Crippen molar-refractivity contribution < 1.29 is 4.42 Å². The van der Waals surface area contributed by atoms with Crippen molar-refractivity contribution in [3.05, 3.63) is 188 Å². The first kappa shape index (κ1) is 31.1. The van der Waals surface area contributed by atoms with E-state index in [1.165, 1.54) is 22.3 Å². The predicted octanol–water partition coefficient (Wildman–Crippen LogP) is 13.6. The molecule has 0 aliphatic rings. The highest BCUT2D eigenvalue weighted by atomic mass is 16.3. The molecule has 0 aliphatic carbocycles. The monoisotopic (exact) mass is 701 g/mol. The van der Waals surface area contributed by atoms with Gasteiger partial charge in [-0.1, -0.05) is 146 Å². The molecule has 2 aromatic heterocycles. The van der Waals surface area contributed by atoms with Crippen LogP contribution in [0, 0.1) is 0 Å². The van der Waals surface area contributed by atoms with Gasteiger partial charge in [-0.2, -0.15) is 0 Å². The SMILES string of the molecule is c1ccc(-c2ccc3ccc(-c4nc(-c5ccc6cc7c(cc6c5)oc5ccccc57)nc(-c5ccc(-c6ccccc6)c6ccccc56)n4)cc3c2)cc1. The summed E-state index contributed by atoms with van der Waals surface area (Å²) >= 11 is 0. The van der Waals surface area contributed by atoms with Gasteiger partial charge in [-0.25, -0.2) is 15.0 Å². The number of para-hydroxylation sites is 1. The molecule has 0 unspecified atom stereocenters. The predicted molar refractivity (Wildman–Crippen MR) is 227 cm³/mol. The zero-order chi connectivity index (χ0) is 36.3. The Labute approximate surface area is 317 Å². The Morgan fingerprint density at radius 2 is 0.800 bits per heavy atom. The van der Waals surface area contributed by atoms with Crippen LogP contribution in [0.25, 0.3) is 111 Å². The maximum Gasteiger partial charge on any atom is 0.164 e. The molecule has 11 aromatic rings. The zero-order valence-electron chi connectivity index (χ0n) is 29.6. The van der Waals surface area contributed by atoms with Crippen LogP contribution in [-0.2, 0) is 0 Å². The maximum atomic E-state index is 6.27. The summed E-state index contributed by atoms with van der Waals surface area (Å²) in [7, 11) is 0. The van der Waals surface area contributed by atoms with Crippen LogP contribution >= 0.6 is 0 Å². The summed E-state index contributed by atoms with van der Waals surface area (Å²) in [6, 6.07) is 65.9. The average molecular weight is 702 g/mol. The van der Waals surface area contributed by atoms with Crippen molar-refractivity contribution in [3.8, 4) is 56.4 Å². The Kier molecular flexibility index (Phi) is 7.14. The Bertz CT molecular complexity index is 3260. The topological polar surface area (TPSA) is 51.8 Å². The van der Waals surface area contributed by atoms with E-state index in [-0.39, 0.29) is 0 Å². The van der Waals surface area contributed by atoms with Crippen LogP contribution in [0.15, 0.2) is 192 Å². The first-order chi connectivity index (χ1) is 27.2. The number of benzene rings is 9. The highest BCUT2D eigenvalue weighted by molar-refractivity contribution is 6.10. The molecule has 0 N–H and O–H groups in total. The molecule has 0 atom stereocenters. The summed E-state index contributed by atoms with van der Waals surface area (Å²) in [5, 5.41) is 8.93. The molecule has 0 bridgehead atoms. The van der Waals surface area contributed by atoms with Gasteiger partial charge in [0, 0.05) is 27.5 Å². The van der Waals surface area contributed by atoms with Gasteiger partial charge in [-0.15, -0.1) is 0 Å². The van der Waals surface area contributed by atoms with E-state index in [2.05, 4.69) is 170 Å². The molecule has 4 heteroatoms. The first-order valence-electron chi connectivity index (χ1n) is 18.5. The van der Waals surface area contributed by atoms with Gasteiger partial charge >= 0.3 is 0 Å². The lowest BCUT2D eigenvalue weighted by molar-refractivity contribution is 0.669. The van der Waals surface area contributed by atoms with E-state index in [9.17, 15) is 0 Å². The largest absolute Gasteiger partial charge is 0.456 e. The lowest BCUT2D eigenvalue weighted by atomic mass is 9.94. The molecule has 0 radical (unpaired) electrons. The molecule has 0 amide bonds. The van der Waals surface area contributed by atoms with Crippen LogP contribution < -0.4 is 0 Å². The minimum Gasteiger partial charge on any atom is -0.456 e. The van der Waals surface area contributed by atoms with Crippen molar-refractivity contribution in [1.29, 1.82) is 0 Å². The molecule has 0 saturated carbocycles. The lowest BCUT2D eigenvalue weighted by Crippen LogP contribution is -2.01. The van der Waals surface area contributed by atoms with Gasteiger partial charge in [0.1, 0.15) is 11.2 Å². The van der Waals surface area contributed by atoms with Gasteiger partial charge in [0.25, 0.3) is 0 Å². The van der Waals surface area contributed by atoms with Crippen LogP contribution in [0.5, 0.6) is 0 Å². The van der Waals surface area contributed by atoms with Crippen LogP contribution in [-0.4, -0.2) is 15.0 Å². The van der Waals surface area contributed by atoms with E-state index >= 15 is 0 Å². The van der Waals surface area contributed by atoms with Gasteiger partial charge in [0.2, 0.25) is 0 Å². The van der Waals surface area contributed by atoms with Crippen molar-refractivity contribution in [2.24, 2.45) is 0 Å². The van der Waals surface area contributed by atoms with E-state index in [0.717, 1.165) is 70.9 Å². The van der Waals surface area contributed by atoms with Crippen molar-refractivity contribution in [1.82, 2.24) is 15.0 Å². The number of hydrogen-bond acceptors (Lipinski definition) is 4. The standard InChI is InChI=1S/C51H31N3O/c1-3-11-32(12-4-1)35-21-19-33-20-23-37(28-39(33)27-35)49-52-50(38-24-22-36-30-46-44-17-9-10-18-47(44)55-48(46)31-40(36)29-38)54-51(53-49)45-26-25-41(34-13-5-2-6-14-34)42-15-7-8-16-43(42)45/h1-31H. The van der Waals surface area contributed by atoms with Gasteiger partial charge < -0.3 is 4.42 Å². The van der Waals surface area contributed by atoms with E-state index in [0.29, 0.717) is 17.5 Å². The van der Waals surface area contributed by atoms with Gasteiger partial charge in [0.15, 0.2) is 17.5 Å². The molecular weight excluding hydrogens is 671 g/mol. The first-order valence-corrected chi connectivity index (χ1v) is 18.5. The number of rotatable bonds is 5. The number of aromatic nitrogens is 3. The lowest BCUT2D eigenvalue weighted by Gasteiger charge is -2.13. The third-order valence-corrected chi connectivity index (χ3v) is 10.7. The number of nitrogens with zero attached hydrogens (tertiary/aromatic N) is 3. The molecule has 55 heavy (non-hydrogen) atoms. The highest BCUT2D eigenvalue weighted by Crippen LogP contribution is 2.38. The smallest absolute Gasteiger partial charge is 0.164 e. The van der Waals surface area contributed by atoms with Crippen LogP contribution in [0.1, 0.15) is 0 Å². The quantitative estimate of drug-likeness (QED) is 0.179. The van der Waals surface area contributed by atoms with E-state index in [4.69, 9.17) is 19.4 Å². The zero-order valence-corrected chi connectivity index (χ0v) is 29.6. The van der Waals surface area contributed by atoms with Crippen molar-refractivity contribution in [3.63, 3.8) is 0 Å². The van der Waals surface area contributed by atoms with E-state index in [1.54, 1.807) is 0 Å². The number of fused-ring (bicyclic) bond motifs is 6. The molecule has 2 heterocycles. The minimum atomic E-state index is 0.612. The summed E-state index contributed by atoms with van der Waals surface area (Å²) in [5.74, 6) is 1.86.